The zero-order valence-electron chi connectivity index (χ0n) is 18.5. The van der Waals surface area contributed by atoms with Crippen LogP contribution in [0.1, 0.15) is 0 Å². The summed E-state index contributed by atoms with van der Waals surface area (Å²) in [6.07, 6.45) is 0. The maximum atomic E-state index is 5.09. The monoisotopic (exact) mass is 686 g/mol. The Kier molecular flexibility index (Phi) is 4.79. The molecule has 3 heterocycles. The summed E-state index contributed by atoms with van der Waals surface area (Å²) in [5.74, 6) is 0. The Morgan fingerprint density at radius 1 is 0.629 bits per heavy atom. The van der Waals surface area contributed by atoms with Crippen LogP contribution >= 0.6 is 11.3 Å². The topological polar surface area (TPSA) is 17.3 Å². The van der Waals surface area contributed by atoms with E-state index in [1.165, 1.54) is 36.3 Å². The number of benzene rings is 5. The van der Waals surface area contributed by atoms with Crippen LogP contribution in [0.2, 0.25) is 0 Å². The molecule has 5 aromatic carbocycles. The Labute approximate surface area is 229 Å². The third-order valence-electron chi connectivity index (χ3n) is 6.78. The summed E-state index contributed by atoms with van der Waals surface area (Å²) >= 11 is 1.85. The molecule has 0 unspecified atom stereocenters. The Bertz CT molecular complexity index is 2070. The average Bonchev–Trinajstić information content (AvgIpc) is 3.46. The van der Waals surface area contributed by atoms with Crippen LogP contribution < -0.4 is 0 Å². The van der Waals surface area contributed by atoms with Crippen LogP contribution in [0.5, 0.6) is 0 Å². The van der Waals surface area contributed by atoms with E-state index in [0.717, 1.165) is 33.3 Å². The fourth-order valence-electron chi connectivity index (χ4n) is 5.23. The van der Waals surface area contributed by atoms with Crippen molar-refractivity contribution in [2.24, 2.45) is 0 Å². The third-order valence-corrected chi connectivity index (χ3v) is 7.91. The van der Waals surface area contributed by atoms with Crippen LogP contribution in [0.15, 0.2) is 97.1 Å². The van der Waals surface area contributed by atoms with Gasteiger partial charge in [-0.3, -0.25) is 0 Å². The predicted molar refractivity (Wildman–Crippen MR) is 144 cm³/mol. The number of nitrogens with zero attached hydrogens (tertiary/aromatic N) is 2. The van der Waals surface area contributed by atoms with Gasteiger partial charge >= 0.3 is 31.1 Å². The van der Waals surface area contributed by atoms with Crippen molar-refractivity contribution in [3.63, 3.8) is 0 Å². The molecule has 0 amide bonds. The largest absolute Gasteiger partial charge is 2.00 e. The second-order valence-electron chi connectivity index (χ2n) is 8.67. The third kappa shape index (κ3) is 3.04. The molecular formula is C31H16N2SU. The first-order valence-corrected chi connectivity index (χ1v) is 12.1. The van der Waals surface area contributed by atoms with E-state index in [2.05, 4.69) is 101 Å². The van der Waals surface area contributed by atoms with E-state index in [1.807, 2.05) is 23.5 Å². The molecule has 0 saturated heterocycles. The van der Waals surface area contributed by atoms with Crippen LogP contribution in [-0.4, -0.2) is 9.38 Å². The van der Waals surface area contributed by atoms with Crippen LogP contribution in [0.3, 0.4) is 0 Å². The molecule has 3 aromatic heterocycles. The second kappa shape index (κ2) is 7.93. The summed E-state index contributed by atoms with van der Waals surface area (Å²) < 4.78 is 4.91. The van der Waals surface area contributed by atoms with Crippen molar-refractivity contribution in [2.45, 2.75) is 0 Å². The van der Waals surface area contributed by atoms with Gasteiger partial charge < -0.3 is 4.40 Å². The Morgan fingerprint density at radius 2 is 1.49 bits per heavy atom. The minimum absolute atomic E-state index is 0. The zero-order chi connectivity index (χ0) is 22.2. The van der Waals surface area contributed by atoms with E-state index in [9.17, 15) is 0 Å². The molecule has 0 aliphatic heterocycles. The molecule has 0 aliphatic carbocycles. The number of pyridine rings is 1. The van der Waals surface area contributed by atoms with Crippen molar-refractivity contribution in [1.29, 1.82) is 0 Å². The molecule has 0 saturated carbocycles. The SMILES string of the molecule is [U+2].[c-]1ccccc1-c1[c-]cc2c(c1)c1cc3sc4ccccc4c3cc1c1nc3ccccc3n21. The van der Waals surface area contributed by atoms with Crippen molar-refractivity contribution in [3.8, 4) is 11.1 Å². The number of imidazole rings is 1. The standard InChI is InChI=1S/C31H16N2S.U/c1-2-8-19(9-3-1)20-14-15-27-23(16-20)22-18-30-24(21-10-4-7-13-29(21)34-30)17-25(22)31-32-26-11-5-6-12-28(26)33(27)31;/h1-8,10-13,15-18H;/q-2;+2. The molecule has 0 fully saturated rings. The van der Waals surface area contributed by atoms with Gasteiger partial charge in [0.25, 0.3) is 0 Å². The summed E-state index contributed by atoms with van der Waals surface area (Å²) in [6.45, 7) is 0. The molecule has 0 aliphatic rings. The molecule has 0 bridgehead atoms. The van der Waals surface area contributed by atoms with E-state index in [0.29, 0.717) is 0 Å². The summed E-state index contributed by atoms with van der Waals surface area (Å²) in [6, 6.07) is 41.1. The zero-order valence-corrected chi connectivity index (χ0v) is 23.5. The normalized spacial score (nSPS) is 11.8. The fraction of sp³-hybridized carbons (Fsp3) is 0. The fourth-order valence-corrected chi connectivity index (χ4v) is 6.36. The van der Waals surface area contributed by atoms with Crippen LogP contribution in [0, 0.1) is 43.2 Å². The predicted octanol–water partition coefficient (Wildman–Crippen LogP) is 8.43. The number of hydrogen-bond donors (Lipinski definition) is 0. The Balaban J connectivity index is 0.00000210. The van der Waals surface area contributed by atoms with Gasteiger partial charge in [0, 0.05) is 25.6 Å². The molecule has 2 nitrogen and oxygen atoms in total. The molecule has 160 valence electrons. The molecular weight excluding hydrogens is 670 g/mol. The van der Waals surface area contributed by atoms with E-state index >= 15 is 0 Å². The Hall–Kier alpha value is -3.16. The minimum Gasteiger partial charge on any atom is -0.334 e. The number of para-hydroxylation sites is 2. The summed E-state index contributed by atoms with van der Waals surface area (Å²) in [4.78, 5) is 5.09. The second-order valence-corrected chi connectivity index (χ2v) is 9.76. The van der Waals surface area contributed by atoms with Gasteiger partial charge in [0.1, 0.15) is 5.65 Å². The van der Waals surface area contributed by atoms with Gasteiger partial charge in [-0.15, -0.1) is 23.5 Å². The number of aromatic nitrogens is 2. The van der Waals surface area contributed by atoms with Gasteiger partial charge in [-0.2, -0.15) is 36.4 Å². The van der Waals surface area contributed by atoms with Gasteiger partial charge in [-0.25, -0.2) is 16.1 Å². The van der Waals surface area contributed by atoms with Crippen LogP contribution in [-0.2, 0) is 0 Å². The van der Waals surface area contributed by atoms with Gasteiger partial charge in [0.15, 0.2) is 0 Å². The van der Waals surface area contributed by atoms with Crippen molar-refractivity contribution in [2.75, 3.05) is 0 Å². The summed E-state index contributed by atoms with van der Waals surface area (Å²) in [5.41, 5.74) is 6.34. The van der Waals surface area contributed by atoms with E-state index < -0.39 is 0 Å². The first-order valence-electron chi connectivity index (χ1n) is 11.3. The molecule has 35 heavy (non-hydrogen) atoms. The van der Waals surface area contributed by atoms with Crippen molar-refractivity contribution in [1.82, 2.24) is 9.38 Å². The summed E-state index contributed by atoms with van der Waals surface area (Å²) in [7, 11) is 0. The van der Waals surface area contributed by atoms with Crippen LogP contribution in [0.4, 0.5) is 0 Å². The van der Waals surface area contributed by atoms with Gasteiger partial charge in [0.05, 0.1) is 11.0 Å². The molecule has 8 rings (SSSR count). The smallest absolute Gasteiger partial charge is 0.334 e. The van der Waals surface area contributed by atoms with Crippen molar-refractivity contribution >= 4 is 69.9 Å². The maximum absolute atomic E-state index is 5.09. The number of hydrogen-bond acceptors (Lipinski definition) is 2. The van der Waals surface area contributed by atoms with Gasteiger partial charge in [-0.05, 0) is 41.2 Å². The summed E-state index contributed by atoms with van der Waals surface area (Å²) in [5, 5.41) is 6.20. The van der Waals surface area contributed by atoms with Crippen molar-refractivity contribution in [3.05, 3.63) is 109 Å². The number of fused-ring (bicyclic) bond motifs is 11. The van der Waals surface area contributed by atoms with Gasteiger partial charge in [-0.1, -0.05) is 35.7 Å². The molecule has 4 heteroatoms. The molecule has 0 spiro atoms. The van der Waals surface area contributed by atoms with Crippen molar-refractivity contribution < 1.29 is 31.1 Å². The quantitative estimate of drug-likeness (QED) is 0.125. The molecule has 0 atom stereocenters. The first-order chi connectivity index (χ1) is 16.8. The van der Waals surface area contributed by atoms with Crippen LogP contribution in [0.25, 0.3) is 69.7 Å². The minimum atomic E-state index is 0. The molecule has 8 aromatic rings. The van der Waals surface area contributed by atoms with E-state index in [4.69, 9.17) is 4.98 Å². The number of thiophene rings is 1. The maximum Gasteiger partial charge on any atom is 2.00 e. The number of rotatable bonds is 1. The molecule has 0 N–H and O–H groups in total. The average molecular weight is 687 g/mol. The van der Waals surface area contributed by atoms with Gasteiger partial charge in [0.2, 0.25) is 0 Å². The first kappa shape index (κ1) is 21.2. The Morgan fingerprint density at radius 3 is 2.40 bits per heavy atom. The molecule has 0 radical (unpaired) electrons. The van der Waals surface area contributed by atoms with E-state index in [-0.39, 0.29) is 31.1 Å². The van der Waals surface area contributed by atoms with E-state index in [1.54, 1.807) is 0 Å².